The minimum absolute atomic E-state index is 0.0486. The van der Waals surface area contributed by atoms with Crippen molar-refractivity contribution < 1.29 is 18.0 Å². The molecule has 0 spiro atoms. The minimum Gasteiger partial charge on any atom is -0.324 e. The van der Waals surface area contributed by atoms with Gasteiger partial charge in [-0.3, -0.25) is 15.0 Å². The maximum atomic E-state index is 13.2. The third-order valence-electron chi connectivity index (χ3n) is 6.48. The highest BCUT2D eigenvalue weighted by Gasteiger charge is 2.51. The summed E-state index contributed by atoms with van der Waals surface area (Å²) in [5.41, 5.74) is 5.32. The second kappa shape index (κ2) is 7.12. The first-order chi connectivity index (χ1) is 13.1. The number of rotatable bonds is 5. The van der Waals surface area contributed by atoms with E-state index in [-0.39, 0.29) is 40.7 Å². The lowest BCUT2D eigenvalue weighted by Crippen LogP contribution is -2.63. The molecule has 11 heteroatoms. The summed E-state index contributed by atoms with van der Waals surface area (Å²) in [6.45, 7) is 2.85. The van der Waals surface area contributed by atoms with Crippen LogP contribution in [-0.2, 0) is 14.8 Å². The summed E-state index contributed by atoms with van der Waals surface area (Å²) in [5, 5.41) is 2.56. The van der Waals surface area contributed by atoms with E-state index in [0.29, 0.717) is 25.9 Å². The van der Waals surface area contributed by atoms with Crippen molar-refractivity contribution in [3.05, 3.63) is 0 Å². The smallest absolute Gasteiger partial charge is 0.324 e. The molecule has 4 fully saturated rings. The Balaban J connectivity index is 1.49. The predicted molar refractivity (Wildman–Crippen MR) is 107 cm³/mol. The zero-order valence-electron chi connectivity index (χ0n) is 16.3. The molecule has 2 aliphatic heterocycles. The maximum Gasteiger partial charge on any atom is 0.326 e. The SMILES string of the molecule is CN1C(=O)N(CC2CNC(N)S2)C(=O)C2CC(S(=O)(=O)NC3(C)CC3)CCC21. The van der Waals surface area contributed by atoms with Crippen molar-refractivity contribution in [1.82, 2.24) is 19.8 Å². The van der Waals surface area contributed by atoms with Gasteiger partial charge in [0.25, 0.3) is 0 Å². The van der Waals surface area contributed by atoms with E-state index in [2.05, 4.69) is 10.0 Å². The highest BCUT2D eigenvalue weighted by Crippen LogP contribution is 2.40. The van der Waals surface area contributed by atoms with Gasteiger partial charge in [0.05, 0.1) is 11.2 Å². The van der Waals surface area contributed by atoms with E-state index in [1.807, 2.05) is 6.92 Å². The summed E-state index contributed by atoms with van der Waals surface area (Å²) < 4.78 is 28.5. The van der Waals surface area contributed by atoms with Crippen LogP contribution in [-0.4, -0.2) is 77.9 Å². The molecule has 0 radical (unpaired) electrons. The molecule has 0 aromatic heterocycles. The van der Waals surface area contributed by atoms with Gasteiger partial charge in [-0.2, -0.15) is 0 Å². The first-order valence-electron chi connectivity index (χ1n) is 9.85. The lowest BCUT2D eigenvalue weighted by molar-refractivity contribution is -0.139. The second-order valence-corrected chi connectivity index (χ2v) is 12.2. The number of thioether (sulfide) groups is 1. The molecular formula is C17H29N5O4S2. The normalized spacial score (nSPS) is 37.9. The molecule has 28 heavy (non-hydrogen) atoms. The monoisotopic (exact) mass is 431 g/mol. The summed E-state index contributed by atoms with van der Waals surface area (Å²) >= 11 is 1.51. The van der Waals surface area contributed by atoms with Gasteiger partial charge in [0.1, 0.15) is 5.50 Å². The van der Waals surface area contributed by atoms with Crippen LogP contribution in [0.15, 0.2) is 0 Å². The van der Waals surface area contributed by atoms with Crippen molar-refractivity contribution >= 4 is 33.7 Å². The summed E-state index contributed by atoms with van der Waals surface area (Å²) in [5.74, 6) is -0.718. The average Bonchev–Trinajstić information content (AvgIpc) is 3.20. The van der Waals surface area contributed by atoms with Crippen LogP contribution in [0.25, 0.3) is 0 Å². The van der Waals surface area contributed by atoms with E-state index < -0.39 is 21.2 Å². The highest BCUT2D eigenvalue weighted by atomic mass is 32.2. The van der Waals surface area contributed by atoms with Crippen LogP contribution in [0.4, 0.5) is 4.79 Å². The molecule has 2 aliphatic carbocycles. The number of nitrogens with one attached hydrogen (secondary N) is 2. The van der Waals surface area contributed by atoms with Gasteiger partial charge in [-0.15, -0.1) is 11.8 Å². The van der Waals surface area contributed by atoms with Crippen molar-refractivity contribution in [2.75, 3.05) is 20.1 Å². The molecule has 9 nitrogen and oxygen atoms in total. The number of imide groups is 1. The topological polar surface area (TPSA) is 125 Å². The molecule has 4 aliphatic rings. The molecule has 0 aromatic carbocycles. The van der Waals surface area contributed by atoms with Gasteiger partial charge in [-0.25, -0.2) is 17.9 Å². The number of fused-ring (bicyclic) bond motifs is 1. The largest absolute Gasteiger partial charge is 0.326 e. The highest BCUT2D eigenvalue weighted by molar-refractivity contribution is 8.00. The lowest BCUT2D eigenvalue weighted by atomic mass is 9.81. The summed E-state index contributed by atoms with van der Waals surface area (Å²) in [6.07, 6.45) is 2.96. The van der Waals surface area contributed by atoms with Crippen LogP contribution < -0.4 is 15.8 Å². The summed E-state index contributed by atoms with van der Waals surface area (Å²) in [4.78, 5) is 28.8. The van der Waals surface area contributed by atoms with Crippen molar-refractivity contribution in [1.29, 1.82) is 0 Å². The van der Waals surface area contributed by atoms with Gasteiger partial charge in [0.2, 0.25) is 15.9 Å². The quantitative estimate of drug-likeness (QED) is 0.552. The van der Waals surface area contributed by atoms with E-state index in [4.69, 9.17) is 5.73 Å². The fraction of sp³-hybridized carbons (Fsp3) is 0.882. The standard InChI is InChI=1S/C17H29N5O4S2/c1-17(5-6-17)20-28(25,26)11-3-4-13-12(7-11)14(23)22(16(24)21(13)2)9-10-8-19-15(18)27-10/h10-13,15,19-20H,3-9,18H2,1-2H3. The van der Waals surface area contributed by atoms with Gasteiger partial charge in [-0.05, 0) is 39.0 Å². The zero-order chi connectivity index (χ0) is 20.3. The Bertz CT molecular complexity index is 772. The second-order valence-electron chi connectivity index (χ2n) is 8.75. The molecule has 4 rings (SSSR count). The molecular weight excluding hydrogens is 402 g/mol. The molecule has 5 unspecified atom stereocenters. The van der Waals surface area contributed by atoms with Crippen molar-refractivity contribution in [2.24, 2.45) is 11.7 Å². The van der Waals surface area contributed by atoms with E-state index in [9.17, 15) is 18.0 Å². The number of amides is 3. The number of nitrogens with two attached hydrogens (primary N) is 1. The maximum absolute atomic E-state index is 13.2. The Kier molecular flexibility index (Phi) is 5.18. The van der Waals surface area contributed by atoms with Gasteiger partial charge in [0.15, 0.2) is 0 Å². The molecule has 2 heterocycles. The summed E-state index contributed by atoms with van der Waals surface area (Å²) in [6, 6.07) is -0.520. The lowest BCUT2D eigenvalue weighted by Gasteiger charge is -2.47. The first-order valence-corrected chi connectivity index (χ1v) is 12.3. The Morgan fingerprint density at radius 3 is 2.64 bits per heavy atom. The van der Waals surface area contributed by atoms with E-state index in [1.165, 1.54) is 16.7 Å². The summed E-state index contributed by atoms with van der Waals surface area (Å²) in [7, 11) is -1.77. The van der Waals surface area contributed by atoms with Crippen LogP contribution in [0.1, 0.15) is 39.0 Å². The van der Waals surface area contributed by atoms with E-state index >= 15 is 0 Å². The van der Waals surface area contributed by atoms with Crippen LogP contribution in [0.5, 0.6) is 0 Å². The average molecular weight is 432 g/mol. The Morgan fingerprint density at radius 1 is 1.32 bits per heavy atom. The molecule has 158 valence electrons. The third kappa shape index (κ3) is 3.79. The number of sulfonamides is 1. The van der Waals surface area contributed by atoms with E-state index in [1.54, 1.807) is 11.9 Å². The molecule has 4 N–H and O–H groups in total. The molecule has 5 atom stereocenters. The van der Waals surface area contributed by atoms with Gasteiger partial charge >= 0.3 is 6.03 Å². The Labute approximate surface area is 170 Å². The Morgan fingerprint density at radius 2 is 2.04 bits per heavy atom. The Hall–Kier alpha value is -0.880. The number of urea groups is 1. The molecule has 3 amide bonds. The molecule has 0 bridgehead atoms. The van der Waals surface area contributed by atoms with Gasteiger partial charge in [0, 0.05) is 37.0 Å². The molecule has 0 aromatic rings. The third-order valence-corrected chi connectivity index (χ3v) is 9.72. The zero-order valence-corrected chi connectivity index (χ0v) is 17.9. The minimum atomic E-state index is -3.49. The van der Waals surface area contributed by atoms with E-state index in [0.717, 1.165) is 12.8 Å². The van der Waals surface area contributed by atoms with Crippen LogP contribution in [0.3, 0.4) is 0 Å². The number of hydrogen-bond donors (Lipinski definition) is 3. The number of carbonyl (C=O) groups excluding carboxylic acids is 2. The number of carbonyl (C=O) groups is 2. The van der Waals surface area contributed by atoms with Gasteiger partial charge < -0.3 is 10.6 Å². The number of nitrogens with zero attached hydrogens (tertiary/aromatic N) is 2. The fourth-order valence-corrected chi connectivity index (χ4v) is 7.50. The molecule has 2 saturated heterocycles. The predicted octanol–water partition coefficient (Wildman–Crippen LogP) is -0.163. The first kappa shape index (κ1) is 20.4. The van der Waals surface area contributed by atoms with Gasteiger partial charge in [-0.1, -0.05) is 0 Å². The van der Waals surface area contributed by atoms with Crippen molar-refractivity contribution in [2.45, 2.75) is 66.6 Å². The van der Waals surface area contributed by atoms with Crippen molar-refractivity contribution in [3.8, 4) is 0 Å². The fourth-order valence-electron chi connectivity index (χ4n) is 4.50. The molecule has 2 saturated carbocycles. The van der Waals surface area contributed by atoms with Crippen LogP contribution in [0, 0.1) is 5.92 Å². The van der Waals surface area contributed by atoms with Crippen molar-refractivity contribution in [3.63, 3.8) is 0 Å². The number of hydrogen-bond acceptors (Lipinski definition) is 7. The van der Waals surface area contributed by atoms with Crippen LogP contribution >= 0.6 is 11.8 Å². The van der Waals surface area contributed by atoms with Crippen LogP contribution in [0.2, 0.25) is 0 Å².